The van der Waals surface area contributed by atoms with Gasteiger partial charge in [0.1, 0.15) is 5.82 Å². The molecule has 0 aromatic heterocycles. The third-order valence-electron chi connectivity index (χ3n) is 4.29. The number of hydrogen-bond acceptors (Lipinski definition) is 2. The van der Waals surface area contributed by atoms with Crippen molar-refractivity contribution in [1.82, 2.24) is 4.90 Å². The standard InChI is InChI=1S/C19H18ClFN2O2/c20-16-11-15(21)6-7-17(16)22-19(25)14-10-18(24)23(12-14)9-8-13-4-2-1-3-5-13/h1-7,11,14H,8-10,12H2,(H,22,25). The Morgan fingerprint density at radius 1 is 1.24 bits per heavy atom. The monoisotopic (exact) mass is 360 g/mol. The topological polar surface area (TPSA) is 49.4 Å². The second-order valence-corrected chi connectivity index (χ2v) is 6.50. The summed E-state index contributed by atoms with van der Waals surface area (Å²) in [7, 11) is 0. The van der Waals surface area contributed by atoms with Crippen molar-refractivity contribution >= 4 is 29.1 Å². The maximum Gasteiger partial charge on any atom is 0.229 e. The zero-order valence-electron chi connectivity index (χ0n) is 13.5. The van der Waals surface area contributed by atoms with Crippen LogP contribution < -0.4 is 5.32 Å². The molecule has 3 rings (SSSR count). The third kappa shape index (κ3) is 4.37. The van der Waals surface area contributed by atoms with Gasteiger partial charge in [0.25, 0.3) is 0 Å². The van der Waals surface area contributed by atoms with E-state index in [0.717, 1.165) is 18.1 Å². The molecule has 1 unspecified atom stereocenters. The molecule has 1 atom stereocenters. The summed E-state index contributed by atoms with van der Waals surface area (Å²) in [4.78, 5) is 26.2. The third-order valence-corrected chi connectivity index (χ3v) is 4.60. The van der Waals surface area contributed by atoms with E-state index in [-0.39, 0.29) is 23.3 Å². The number of anilines is 1. The van der Waals surface area contributed by atoms with Gasteiger partial charge in [-0.05, 0) is 30.2 Å². The molecular formula is C19H18ClFN2O2. The Morgan fingerprint density at radius 2 is 2.00 bits per heavy atom. The van der Waals surface area contributed by atoms with Gasteiger partial charge in [-0.3, -0.25) is 9.59 Å². The van der Waals surface area contributed by atoms with Gasteiger partial charge in [-0.2, -0.15) is 0 Å². The first-order valence-corrected chi connectivity index (χ1v) is 8.48. The van der Waals surface area contributed by atoms with Gasteiger partial charge in [0.15, 0.2) is 0 Å². The fourth-order valence-corrected chi connectivity index (χ4v) is 3.11. The SMILES string of the molecule is O=C(Nc1ccc(F)cc1Cl)C1CC(=O)N(CCc2ccccc2)C1. The maximum atomic E-state index is 13.1. The Labute approximate surface area is 150 Å². The first kappa shape index (κ1) is 17.4. The minimum absolute atomic E-state index is 0.0266. The molecule has 2 aromatic rings. The summed E-state index contributed by atoms with van der Waals surface area (Å²) in [5, 5.41) is 2.82. The zero-order chi connectivity index (χ0) is 17.8. The van der Waals surface area contributed by atoms with Crippen molar-refractivity contribution in [2.45, 2.75) is 12.8 Å². The molecule has 0 spiro atoms. The Bertz CT molecular complexity index is 782. The molecule has 0 bridgehead atoms. The van der Waals surface area contributed by atoms with E-state index < -0.39 is 11.7 Å². The van der Waals surface area contributed by atoms with E-state index in [1.165, 1.54) is 12.1 Å². The van der Waals surface area contributed by atoms with E-state index in [1.54, 1.807) is 4.90 Å². The van der Waals surface area contributed by atoms with Gasteiger partial charge in [-0.25, -0.2) is 4.39 Å². The van der Waals surface area contributed by atoms with E-state index in [4.69, 9.17) is 11.6 Å². The Hall–Kier alpha value is -2.40. The Kier molecular flexibility index (Phi) is 5.34. The van der Waals surface area contributed by atoms with Crippen LogP contribution in [0.4, 0.5) is 10.1 Å². The number of likely N-dealkylation sites (tertiary alicyclic amines) is 1. The molecule has 25 heavy (non-hydrogen) atoms. The first-order valence-electron chi connectivity index (χ1n) is 8.10. The molecule has 1 saturated heterocycles. The minimum Gasteiger partial charge on any atom is -0.342 e. The van der Waals surface area contributed by atoms with E-state index in [9.17, 15) is 14.0 Å². The summed E-state index contributed by atoms with van der Waals surface area (Å²) in [6, 6.07) is 13.7. The van der Waals surface area contributed by atoms with Gasteiger partial charge >= 0.3 is 0 Å². The largest absolute Gasteiger partial charge is 0.342 e. The number of nitrogens with zero attached hydrogens (tertiary/aromatic N) is 1. The van der Waals surface area contributed by atoms with Crippen molar-refractivity contribution in [3.8, 4) is 0 Å². The lowest BCUT2D eigenvalue weighted by atomic mass is 10.1. The predicted molar refractivity (Wildman–Crippen MR) is 94.9 cm³/mol. The number of carbonyl (C=O) groups excluding carboxylic acids is 2. The average Bonchev–Trinajstić information content (AvgIpc) is 2.97. The van der Waals surface area contributed by atoms with Crippen LogP contribution in [0.3, 0.4) is 0 Å². The lowest BCUT2D eigenvalue weighted by Crippen LogP contribution is -2.30. The highest BCUT2D eigenvalue weighted by Gasteiger charge is 2.34. The number of halogens is 2. The number of rotatable bonds is 5. The Balaban J connectivity index is 1.57. The molecule has 2 aromatic carbocycles. The maximum absolute atomic E-state index is 13.1. The predicted octanol–water partition coefficient (Wildman–Crippen LogP) is 3.51. The van der Waals surface area contributed by atoms with Crippen LogP contribution in [0.25, 0.3) is 0 Å². The molecule has 1 N–H and O–H groups in total. The molecule has 2 amide bonds. The van der Waals surface area contributed by atoms with Crippen LogP contribution in [0.15, 0.2) is 48.5 Å². The van der Waals surface area contributed by atoms with Crippen LogP contribution in [0.1, 0.15) is 12.0 Å². The van der Waals surface area contributed by atoms with Crippen LogP contribution in [0.2, 0.25) is 5.02 Å². The van der Waals surface area contributed by atoms with Gasteiger partial charge < -0.3 is 10.2 Å². The van der Waals surface area contributed by atoms with Gasteiger partial charge in [0.05, 0.1) is 16.6 Å². The van der Waals surface area contributed by atoms with Crippen molar-refractivity contribution in [3.05, 3.63) is 64.9 Å². The van der Waals surface area contributed by atoms with Crippen molar-refractivity contribution in [1.29, 1.82) is 0 Å². The highest BCUT2D eigenvalue weighted by molar-refractivity contribution is 6.33. The molecule has 130 valence electrons. The smallest absolute Gasteiger partial charge is 0.229 e. The molecule has 1 aliphatic rings. The average molecular weight is 361 g/mol. The van der Waals surface area contributed by atoms with Crippen molar-refractivity contribution in [2.24, 2.45) is 5.92 Å². The summed E-state index contributed by atoms with van der Waals surface area (Å²) < 4.78 is 13.1. The quantitative estimate of drug-likeness (QED) is 0.887. The van der Waals surface area contributed by atoms with Crippen LogP contribution in [0, 0.1) is 11.7 Å². The van der Waals surface area contributed by atoms with E-state index in [0.29, 0.717) is 18.8 Å². The van der Waals surface area contributed by atoms with E-state index in [2.05, 4.69) is 5.32 Å². The summed E-state index contributed by atoms with van der Waals surface area (Å²) in [5.41, 5.74) is 1.50. The van der Waals surface area contributed by atoms with Crippen LogP contribution in [-0.2, 0) is 16.0 Å². The summed E-state index contributed by atoms with van der Waals surface area (Å²) in [5.74, 6) is -1.19. The molecule has 1 aliphatic heterocycles. The summed E-state index contributed by atoms with van der Waals surface area (Å²) >= 11 is 5.92. The number of hydrogen-bond donors (Lipinski definition) is 1. The van der Waals surface area contributed by atoms with Crippen LogP contribution >= 0.6 is 11.6 Å². The molecule has 0 saturated carbocycles. The fraction of sp³-hybridized carbons (Fsp3) is 0.263. The molecule has 6 heteroatoms. The molecule has 0 radical (unpaired) electrons. The molecule has 1 fully saturated rings. The second-order valence-electron chi connectivity index (χ2n) is 6.09. The van der Waals surface area contributed by atoms with Crippen molar-refractivity contribution in [2.75, 3.05) is 18.4 Å². The van der Waals surface area contributed by atoms with Gasteiger partial charge in [0.2, 0.25) is 11.8 Å². The van der Waals surface area contributed by atoms with Gasteiger partial charge in [-0.1, -0.05) is 41.9 Å². The molecule has 1 heterocycles. The van der Waals surface area contributed by atoms with Gasteiger partial charge in [0, 0.05) is 19.5 Å². The molecule has 0 aliphatic carbocycles. The first-order chi connectivity index (χ1) is 12.0. The fourth-order valence-electron chi connectivity index (χ4n) is 2.90. The zero-order valence-corrected chi connectivity index (χ0v) is 14.3. The highest BCUT2D eigenvalue weighted by Crippen LogP contribution is 2.25. The van der Waals surface area contributed by atoms with Crippen LogP contribution in [0.5, 0.6) is 0 Å². The lowest BCUT2D eigenvalue weighted by Gasteiger charge is -2.16. The molecule has 4 nitrogen and oxygen atoms in total. The summed E-state index contributed by atoms with van der Waals surface area (Å²) in [6.45, 7) is 0.972. The van der Waals surface area contributed by atoms with E-state index >= 15 is 0 Å². The Morgan fingerprint density at radius 3 is 2.72 bits per heavy atom. The van der Waals surface area contributed by atoms with Crippen molar-refractivity contribution < 1.29 is 14.0 Å². The highest BCUT2D eigenvalue weighted by atomic mass is 35.5. The number of nitrogens with one attached hydrogen (secondary N) is 1. The second kappa shape index (κ2) is 7.66. The number of amides is 2. The van der Waals surface area contributed by atoms with Gasteiger partial charge in [-0.15, -0.1) is 0 Å². The van der Waals surface area contributed by atoms with E-state index in [1.807, 2.05) is 30.3 Å². The minimum atomic E-state index is -0.467. The normalized spacial score (nSPS) is 17.0. The number of carbonyl (C=O) groups is 2. The van der Waals surface area contributed by atoms with Crippen LogP contribution in [-0.4, -0.2) is 29.8 Å². The number of benzene rings is 2. The van der Waals surface area contributed by atoms with Crippen molar-refractivity contribution in [3.63, 3.8) is 0 Å². The molecular weight excluding hydrogens is 343 g/mol. The summed E-state index contributed by atoms with van der Waals surface area (Å²) in [6.07, 6.45) is 0.935. The lowest BCUT2D eigenvalue weighted by molar-refractivity contribution is -0.128.